The summed E-state index contributed by atoms with van der Waals surface area (Å²) < 4.78 is 43.4. The second kappa shape index (κ2) is 6.13. The van der Waals surface area contributed by atoms with Crippen molar-refractivity contribution < 1.29 is 22.7 Å². The Hall–Kier alpha value is -1.76. The molecule has 20 heavy (non-hydrogen) atoms. The smallest absolute Gasteiger partial charge is 0.412 e. The first kappa shape index (κ1) is 16.3. The molecule has 0 aliphatic rings. The standard InChI is InChI=1S/C13H17F3N2O2/c1-13(2,3)20-12(19)18-7-4-5-9(14)8(6-7)10(17)11(15)16/h4-6,10-11H,17H2,1-3H3,(H,18,19). The van der Waals surface area contributed by atoms with Crippen LogP contribution >= 0.6 is 0 Å². The van der Waals surface area contributed by atoms with E-state index in [9.17, 15) is 18.0 Å². The first-order valence-corrected chi connectivity index (χ1v) is 5.93. The summed E-state index contributed by atoms with van der Waals surface area (Å²) in [5, 5.41) is 2.33. The summed E-state index contributed by atoms with van der Waals surface area (Å²) >= 11 is 0. The highest BCUT2D eigenvalue weighted by Gasteiger charge is 2.22. The molecule has 0 aliphatic carbocycles. The van der Waals surface area contributed by atoms with Gasteiger partial charge in [0.1, 0.15) is 11.4 Å². The van der Waals surface area contributed by atoms with E-state index in [1.807, 2.05) is 0 Å². The minimum absolute atomic E-state index is 0.131. The summed E-state index contributed by atoms with van der Waals surface area (Å²) in [6.07, 6.45) is -3.66. The van der Waals surface area contributed by atoms with Crippen molar-refractivity contribution in [2.45, 2.75) is 38.8 Å². The molecule has 3 N–H and O–H groups in total. The molecule has 1 aromatic carbocycles. The largest absolute Gasteiger partial charge is 0.444 e. The van der Waals surface area contributed by atoms with Crippen molar-refractivity contribution in [2.75, 3.05) is 5.32 Å². The van der Waals surface area contributed by atoms with Gasteiger partial charge >= 0.3 is 6.09 Å². The second-order valence-electron chi connectivity index (χ2n) is 5.22. The molecule has 0 radical (unpaired) electrons. The van der Waals surface area contributed by atoms with E-state index in [0.717, 1.165) is 12.1 Å². The average Bonchev–Trinajstić information content (AvgIpc) is 2.28. The van der Waals surface area contributed by atoms with Crippen molar-refractivity contribution in [1.29, 1.82) is 0 Å². The maximum absolute atomic E-state index is 13.4. The molecular weight excluding hydrogens is 273 g/mol. The van der Waals surface area contributed by atoms with Gasteiger partial charge in [0.05, 0.1) is 6.04 Å². The molecule has 0 spiro atoms. The lowest BCUT2D eigenvalue weighted by Crippen LogP contribution is -2.27. The van der Waals surface area contributed by atoms with Gasteiger partial charge in [-0.2, -0.15) is 0 Å². The van der Waals surface area contributed by atoms with Gasteiger partial charge in [0.25, 0.3) is 6.43 Å². The van der Waals surface area contributed by atoms with Crippen LogP contribution < -0.4 is 11.1 Å². The maximum Gasteiger partial charge on any atom is 0.412 e. The predicted molar refractivity (Wildman–Crippen MR) is 69.2 cm³/mol. The van der Waals surface area contributed by atoms with E-state index in [2.05, 4.69) is 5.32 Å². The van der Waals surface area contributed by atoms with Crippen LogP contribution in [0.15, 0.2) is 18.2 Å². The van der Waals surface area contributed by atoms with Crippen LogP contribution in [0.3, 0.4) is 0 Å². The maximum atomic E-state index is 13.4. The van der Waals surface area contributed by atoms with Gasteiger partial charge in [-0.1, -0.05) is 0 Å². The minimum Gasteiger partial charge on any atom is -0.444 e. The van der Waals surface area contributed by atoms with E-state index in [0.29, 0.717) is 0 Å². The number of rotatable bonds is 3. The van der Waals surface area contributed by atoms with Gasteiger partial charge in [0.15, 0.2) is 0 Å². The highest BCUT2D eigenvalue weighted by molar-refractivity contribution is 5.85. The van der Waals surface area contributed by atoms with Crippen molar-refractivity contribution >= 4 is 11.8 Å². The first-order chi connectivity index (χ1) is 9.10. The Morgan fingerprint density at radius 1 is 1.35 bits per heavy atom. The Morgan fingerprint density at radius 3 is 2.45 bits per heavy atom. The molecule has 0 fully saturated rings. The normalized spacial score (nSPS) is 13.2. The van der Waals surface area contributed by atoms with E-state index in [-0.39, 0.29) is 11.3 Å². The van der Waals surface area contributed by atoms with Gasteiger partial charge in [-0.25, -0.2) is 18.0 Å². The number of amides is 1. The molecule has 0 aliphatic heterocycles. The van der Waals surface area contributed by atoms with Gasteiger partial charge in [-0.3, -0.25) is 5.32 Å². The van der Waals surface area contributed by atoms with Crippen molar-refractivity contribution in [3.63, 3.8) is 0 Å². The van der Waals surface area contributed by atoms with Crippen molar-refractivity contribution in [3.8, 4) is 0 Å². The molecule has 0 saturated carbocycles. The van der Waals surface area contributed by atoms with Gasteiger partial charge in [-0.05, 0) is 39.0 Å². The van der Waals surface area contributed by atoms with Crippen molar-refractivity contribution in [3.05, 3.63) is 29.6 Å². The van der Waals surface area contributed by atoms with Crippen LogP contribution in [-0.4, -0.2) is 18.1 Å². The van der Waals surface area contributed by atoms with Crippen LogP contribution in [-0.2, 0) is 4.74 Å². The van der Waals surface area contributed by atoms with Crippen molar-refractivity contribution in [2.24, 2.45) is 5.73 Å². The second-order valence-corrected chi connectivity index (χ2v) is 5.22. The summed E-state index contributed by atoms with van der Waals surface area (Å²) in [5.41, 5.74) is 4.27. The van der Waals surface area contributed by atoms with Crippen LogP contribution in [0, 0.1) is 5.82 Å². The average molecular weight is 290 g/mol. The number of anilines is 1. The lowest BCUT2D eigenvalue weighted by molar-refractivity contribution is 0.0636. The van der Waals surface area contributed by atoms with Crippen LogP contribution in [0.1, 0.15) is 32.4 Å². The van der Waals surface area contributed by atoms with Crippen LogP contribution in [0.5, 0.6) is 0 Å². The fourth-order valence-electron chi connectivity index (χ4n) is 1.43. The lowest BCUT2D eigenvalue weighted by Gasteiger charge is -2.20. The molecule has 7 heteroatoms. The Morgan fingerprint density at radius 2 is 1.95 bits per heavy atom. The highest BCUT2D eigenvalue weighted by atomic mass is 19.3. The van der Waals surface area contributed by atoms with E-state index < -0.39 is 30.0 Å². The Bertz CT molecular complexity index is 487. The van der Waals surface area contributed by atoms with Gasteiger partial charge in [0, 0.05) is 11.3 Å². The van der Waals surface area contributed by atoms with Gasteiger partial charge in [-0.15, -0.1) is 0 Å². The molecule has 0 bridgehead atoms. The number of ether oxygens (including phenoxy) is 1. The highest BCUT2D eigenvalue weighted by Crippen LogP contribution is 2.24. The summed E-state index contributed by atoms with van der Waals surface area (Å²) in [5.74, 6) is -0.854. The van der Waals surface area contributed by atoms with Crippen molar-refractivity contribution in [1.82, 2.24) is 0 Å². The molecule has 0 aromatic heterocycles. The zero-order valence-corrected chi connectivity index (χ0v) is 11.4. The molecule has 112 valence electrons. The van der Waals surface area contributed by atoms with E-state index >= 15 is 0 Å². The molecule has 1 aromatic rings. The molecule has 1 unspecified atom stereocenters. The number of hydrogen-bond acceptors (Lipinski definition) is 3. The molecule has 4 nitrogen and oxygen atoms in total. The van der Waals surface area contributed by atoms with E-state index in [1.165, 1.54) is 6.07 Å². The van der Waals surface area contributed by atoms with Crippen LogP contribution in [0.25, 0.3) is 0 Å². The monoisotopic (exact) mass is 290 g/mol. The molecule has 1 atom stereocenters. The minimum atomic E-state index is -2.90. The third-order valence-electron chi connectivity index (χ3n) is 2.27. The van der Waals surface area contributed by atoms with Crippen LogP contribution in [0.4, 0.5) is 23.7 Å². The number of carbonyl (C=O) groups is 1. The topological polar surface area (TPSA) is 64.3 Å². The predicted octanol–water partition coefficient (Wildman–Crippen LogP) is 3.44. The molecule has 0 saturated heterocycles. The number of carbonyl (C=O) groups excluding carboxylic acids is 1. The molecule has 1 rings (SSSR count). The zero-order chi connectivity index (χ0) is 15.5. The van der Waals surface area contributed by atoms with E-state index in [1.54, 1.807) is 20.8 Å². The van der Waals surface area contributed by atoms with Crippen LogP contribution in [0.2, 0.25) is 0 Å². The summed E-state index contributed by atoms with van der Waals surface area (Å²) in [7, 11) is 0. The number of halogens is 3. The zero-order valence-electron chi connectivity index (χ0n) is 11.4. The quantitative estimate of drug-likeness (QED) is 0.896. The summed E-state index contributed by atoms with van der Waals surface area (Å²) in [4.78, 5) is 11.5. The number of nitrogens with one attached hydrogen (secondary N) is 1. The van der Waals surface area contributed by atoms with E-state index in [4.69, 9.17) is 10.5 Å². The first-order valence-electron chi connectivity index (χ1n) is 5.93. The molecular formula is C13H17F3N2O2. The SMILES string of the molecule is CC(C)(C)OC(=O)Nc1ccc(F)c(C(N)C(F)F)c1. The number of benzene rings is 1. The Kier molecular flexibility index (Phi) is 4.99. The third kappa shape index (κ3) is 4.73. The Labute approximate surface area is 115 Å². The lowest BCUT2D eigenvalue weighted by atomic mass is 10.1. The Balaban J connectivity index is 2.88. The number of alkyl halides is 2. The summed E-state index contributed by atoms with van der Waals surface area (Å²) in [6, 6.07) is 1.51. The molecule has 0 heterocycles. The summed E-state index contributed by atoms with van der Waals surface area (Å²) in [6.45, 7) is 5.03. The molecule has 1 amide bonds. The third-order valence-corrected chi connectivity index (χ3v) is 2.27. The van der Waals surface area contributed by atoms with Gasteiger partial charge < -0.3 is 10.5 Å². The number of nitrogens with two attached hydrogens (primary N) is 1. The number of hydrogen-bond donors (Lipinski definition) is 2. The fraction of sp³-hybridized carbons (Fsp3) is 0.462. The van der Waals surface area contributed by atoms with Gasteiger partial charge in [0.2, 0.25) is 0 Å². The fourth-order valence-corrected chi connectivity index (χ4v) is 1.43.